The molecule has 2 aliphatic heterocycles. The first-order valence-electron chi connectivity index (χ1n) is 10.2. The average molecular weight is 461 g/mol. The summed E-state index contributed by atoms with van der Waals surface area (Å²) < 4.78 is 18.7. The van der Waals surface area contributed by atoms with Crippen LogP contribution >= 0.6 is 0 Å². The molecule has 0 aliphatic carbocycles. The molecular weight excluding hydrogens is 445 g/mol. The number of nitrogens with zero attached hydrogens (tertiary/aromatic N) is 3. The number of non-ortho nitro benzene ring substituents is 1. The van der Waals surface area contributed by atoms with Crippen LogP contribution in [0.25, 0.3) is 0 Å². The van der Waals surface area contributed by atoms with E-state index in [1.807, 2.05) is 0 Å². The number of hydrogen-bond acceptors (Lipinski definition) is 6. The smallest absolute Gasteiger partial charge is 0.270 e. The van der Waals surface area contributed by atoms with E-state index < -0.39 is 40.5 Å². The summed E-state index contributed by atoms with van der Waals surface area (Å²) in [6, 6.07) is 13.5. The summed E-state index contributed by atoms with van der Waals surface area (Å²) in [6.07, 6.45) is 0. The van der Waals surface area contributed by atoms with Crippen molar-refractivity contribution in [2.24, 2.45) is 0 Å². The van der Waals surface area contributed by atoms with Crippen LogP contribution in [0.15, 0.2) is 66.7 Å². The normalized spacial score (nSPS) is 19.2. The van der Waals surface area contributed by atoms with Crippen LogP contribution in [0.3, 0.4) is 0 Å². The standard InChI is InChI=1S/C24H16FN3O6/c1-34-17-9-6-15(7-10-17)26-20(13-2-4-14(25)5-3-13)21(24(26)31)27-22(29)18-11-8-16(28(32)33)12-19(18)23(27)30/h2-12,20-21H,1H3/t20-,21+/m1/s1. The van der Waals surface area contributed by atoms with Gasteiger partial charge < -0.3 is 9.64 Å². The molecule has 0 unspecified atom stereocenters. The van der Waals surface area contributed by atoms with E-state index in [0.717, 1.165) is 17.0 Å². The third-order valence-corrected chi connectivity index (χ3v) is 6.02. The molecule has 2 heterocycles. The number of ether oxygens (including phenoxy) is 1. The largest absolute Gasteiger partial charge is 0.497 e. The van der Waals surface area contributed by atoms with Gasteiger partial charge in [-0.1, -0.05) is 12.1 Å². The van der Waals surface area contributed by atoms with Crippen LogP contribution in [0.1, 0.15) is 32.3 Å². The Bertz CT molecular complexity index is 1360. The summed E-state index contributed by atoms with van der Waals surface area (Å²) in [5, 5.41) is 11.1. The van der Waals surface area contributed by atoms with Crippen molar-refractivity contribution in [3.05, 3.63) is 99.4 Å². The van der Waals surface area contributed by atoms with Gasteiger partial charge in [0.2, 0.25) is 0 Å². The minimum Gasteiger partial charge on any atom is -0.497 e. The number of halogens is 1. The molecule has 1 saturated heterocycles. The number of nitro groups is 1. The van der Waals surface area contributed by atoms with Crippen molar-refractivity contribution >= 4 is 29.1 Å². The van der Waals surface area contributed by atoms with Gasteiger partial charge in [0.15, 0.2) is 0 Å². The summed E-state index contributed by atoms with van der Waals surface area (Å²) in [6.45, 7) is 0. The second kappa shape index (κ2) is 7.77. The highest BCUT2D eigenvalue weighted by Gasteiger charge is 2.57. The molecule has 0 bridgehead atoms. The third kappa shape index (κ3) is 3.11. The first-order chi connectivity index (χ1) is 16.3. The SMILES string of the molecule is COc1ccc(N2C(=O)[C@@H](N3C(=O)c4ccc([N+](=O)[O-])cc4C3=O)[C@H]2c2ccc(F)cc2)cc1. The molecule has 3 aromatic rings. The number of nitro benzene ring substituents is 1. The Morgan fingerprint density at radius 3 is 2.12 bits per heavy atom. The second-order valence-corrected chi connectivity index (χ2v) is 7.81. The van der Waals surface area contributed by atoms with E-state index in [9.17, 15) is 28.9 Å². The molecule has 170 valence electrons. The number of methoxy groups -OCH3 is 1. The van der Waals surface area contributed by atoms with Gasteiger partial charge in [0.1, 0.15) is 17.6 Å². The maximum atomic E-state index is 13.6. The van der Waals surface area contributed by atoms with Crippen molar-refractivity contribution in [2.75, 3.05) is 12.0 Å². The number of imide groups is 1. The van der Waals surface area contributed by atoms with E-state index in [-0.39, 0.29) is 16.8 Å². The van der Waals surface area contributed by atoms with Crippen molar-refractivity contribution in [1.29, 1.82) is 0 Å². The van der Waals surface area contributed by atoms with Crippen LogP contribution in [0.5, 0.6) is 5.75 Å². The summed E-state index contributed by atoms with van der Waals surface area (Å²) in [7, 11) is 1.51. The van der Waals surface area contributed by atoms with E-state index in [0.29, 0.717) is 17.0 Å². The van der Waals surface area contributed by atoms with Gasteiger partial charge >= 0.3 is 0 Å². The molecule has 1 fully saturated rings. The van der Waals surface area contributed by atoms with Crippen LogP contribution in [0, 0.1) is 15.9 Å². The fraction of sp³-hybridized carbons (Fsp3) is 0.125. The maximum Gasteiger partial charge on any atom is 0.270 e. The first-order valence-corrected chi connectivity index (χ1v) is 10.2. The monoisotopic (exact) mass is 461 g/mol. The number of β-lactam (4-membered cyclic amide) rings is 1. The quantitative estimate of drug-likeness (QED) is 0.249. The van der Waals surface area contributed by atoms with Gasteiger partial charge in [0.25, 0.3) is 23.4 Å². The molecule has 34 heavy (non-hydrogen) atoms. The molecule has 2 aliphatic rings. The highest BCUT2D eigenvalue weighted by molar-refractivity contribution is 6.25. The number of anilines is 1. The lowest BCUT2D eigenvalue weighted by Gasteiger charge is -2.49. The molecule has 3 aromatic carbocycles. The van der Waals surface area contributed by atoms with Gasteiger partial charge in [-0.3, -0.25) is 29.4 Å². The Hall–Kier alpha value is -4.60. The molecule has 2 atom stereocenters. The second-order valence-electron chi connectivity index (χ2n) is 7.81. The predicted octanol–water partition coefficient (Wildman–Crippen LogP) is 3.50. The molecular formula is C24H16FN3O6. The third-order valence-electron chi connectivity index (χ3n) is 6.02. The van der Waals surface area contributed by atoms with Gasteiger partial charge in [-0.25, -0.2) is 4.39 Å². The molecule has 0 aromatic heterocycles. The summed E-state index contributed by atoms with van der Waals surface area (Å²) in [4.78, 5) is 52.3. The number of amides is 3. The Morgan fingerprint density at radius 1 is 0.853 bits per heavy atom. The Kier molecular flexibility index (Phi) is 4.85. The summed E-state index contributed by atoms with van der Waals surface area (Å²) >= 11 is 0. The van der Waals surface area contributed by atoms with Gasteiger partial charge in [0.05, 0.1) is 29.2 Å². The van der Waals surface area contributed by atoms with Crippen LogP contribution < -0.4 is 9.64 Å². The zero-order chi connectivity index (χ0) is 24.1. The molecule has 10 heteroatoms. The zero-order valence-electron chi connectivity index (χ0n) is 17.7. The lowest BCUT2D eigenvalue weighted by molar-refractivity contribution is -0.384. The van der Waals surface area contributed by atoms with Gasteiger partial charge in [-0.15, -0.1) is 0 Å². The Morgan fingerprint density at radius 2 is 1.50 bits per heavy atom. The Balaban J connectivity index is 1.56. The van der Waals surface area contributed by atoms with Gasteiger partial charge in [-0.05, 0) is 48.0 Å². The fourth-order valence-corrected chi connectivity index (χ4v) is 4.36. The predicted molar refractivity (Wildman–Crippen MR) is 117 cm³/mol. The van der Waals surface area contributed by atoms with E-state index in [1.165, 1.54) is 42.3 Å². The lowest BCUT2D eigenvalue weighted by Crippen LogP contribution is -2.67. The number of carbonyl (C=O) groups excluding carboxylic acids is 3. The highest BCUT2D eigenvalue weighted by atomic mass is 19.1. The van der Waals surface area contributed by atoms with Crippen LogP contribution in [0.4, 0.5) is 15.8 Å². The van der Waals surface area contributed by atoms with Crippen molar-refractivity contribution in [3.8, 4) is 5.75 Å². The molecule has 0 radical (unpaired) electrons. The molecule has 0 N–H and O–H groups in total. The molecule has 3 amide bonds. The molecule has 0 saturated carbocycles. The lowest BCUT2D eigenvalue weighted by atomic mass is 9.86. The van der Waals surface area contributed by atoms with Crippen LogP contribution in [-0.4, -0.2) is 40.7 Å². The topological polar surface area (TPSA) is 110 Å². The van der Waals surface area contributed by atoms with E-state index >= 15 is 0 Å². The van der Waals surface area contributed by atoms with E-state index in [2.05, 4.69) is 0 Å². The highest BCUT2D eigenvalue weighted by Crippen LogP contribution is 2.44. The average Bonchev–Trinajstić information content (AvgIpc) is 3.08. The zero-order valence-corrected chi connectivity index (χ0v) is 17.7. The number of rotatable bonds is 5. The van der Waals surface area contributed by atoms with Crippen LogP contribution in [-0.2, 0) is 4.79 Å². The molecule has 5 rings (SSSR count). The van der Waals surface area contributed by atoms with Crippen LogP contribution in [0.2, 0.25) is 0 Å². The maximum absolute atomic E-state index is 13.6. The van der Waals surface area contributed by atoms with Gasteiger partial charge in [0, 0.05) is 17.8 Å². The van der Waals surface area contributed by atoms with E-state index in [4.69, 9.17) is 4.74 Å². The Labute approximate surface area is 192 Å². The number of fused-ring (bicyclic) bond motifs is 1. The molecule has 9 nitrogen and oxygen atoms in total. The number of hydrogen-bond donors (Lipinski definition) is 0. The van der Waals surface area contributed by atoms with Gasteiger partial charge in [-0.2, -0.15) is 0 Å². The van der Waals surface area contributed by atoms with Crippen molar-refractivity contribution in [3.63, 3.8) is 0 Å². The number of benzene rings is 3. The van der Waals surface area contributed by atoms with Crippen molar-refractivity contribution in [2.45, 2.75) is 12.1 Å². The van der Waals surface area contributed by atoms with E-state index in [1.54, 1.807) is 24.3 Å². The summed E-state index contributed by atoms with van der Waals surface area (Å²) in [5.41, 5.74) is 0.543. The minimum absolute atomic E-state index is 0.0100. The number of carbonyl (C=O) groups is 3. The first kappa shape index (κ1) is 21.3. The minimum atomic E-state index is -1.20. The summed E-state index contributed by atoms with van der Waals surface area (Å²) in [5.74, 6) is -1.91. The van der Waals surface area contributed by atoms with Crippen molar-refractivity contribution < 1.29 is 28.4 Å². The fourth-order valence-electron chi connectivity index (χ4n) is 4.36. The molecule has 0 spiro atoms. The van der Waals surface area contributed by atoms with Crippen molar-refractivity contribution in [1.82, 2.24) is 4.90 Å².